The average molecular weight is 359 g/mol. The van der Waals surface area contributed by atoms with Gasteiger partial charge in [-0.25, -0.2) is 4.79 Å². The molecule has 8 heteroatoms. The van der Waals surface area contributed by atoms with Crippen LogP contribution in [0.15, 0.2) is 36.7 Å². The third-order valence-corrected chi connectivity index (χ3v) is 4.84. The monoisotopic (exact) mass is 358 g/mol. The molecular weight excluding hydrogens is 344 g/mol. The Morgan fingerprint density at radius 3 is 2.48 bits per heavy atom. The third-order valence-electron chi connectivity index (χ3n) is 4.62. The van der Waals surface area contributed by atoms with Gasteiger partial charge in [0, 0.05) is 36.1 Å². The van der Waals surface area contributed by atoms with Gasteiger partial charge in [-0.15, -0.1) is 0 Å². The zero-order chi connectivity index (χ0) is 17.8. The first-order valence-corrected chi connectivity index (χ1v) is 8.18. The van der Waals surface area contributed by atoms with Crippen molar-refractivity contribution in [2.75, 3.05) is 11.4 Å². The zero-order valence-corrected chi connectivity index (χ0v) is 14.1. The Morgan fingerprint density at radius 1 is 1.12 bits per heavy atom. The molecule has 3 heterocycles. The molecule has 0 aliphatic carbocycles. The van der Waals surface area contributed by atoms with Gasteiger partial charge in [-0.2, -0.15) is 0 Å². The molecule has 128 valence electrons. The lowest BCUT2D eigenvalue weighted by Crippen LogP contribution is -2.52. The maximum absolute atomic E-state index is 13.2. The Kier molecular flexibility index (Phi) is 3.36. The van der Waals surface area contributed by atoms with Crippen LogP contribution in [0.25, 0.3) is 0 Å². The molecule has 0 saturated carbocycles. The van der Waals surface area contributed by atoms with Crippen molar-refractivity contribution in [2.24, 2.45) is 0 Å². The summed E-state index contributed by atoms with van der Waals surface area (Å²) in [4.78, 5) is 38.9. The molecule has 1 aromatic carbocycles. The topological polar surface area (TPSA) is 83.4 Å². The number of rotatable bonds is 3. The van der Waals surface area contributed by atoms with Crippen LogP contribution in [0, 0.1) is 6.92 Å². The van der Waals surface area contributed by atoms with Crippen LogP contribution in [0.1, 0.15) is 11.1 Å². The molecule has 4 rings (SSSR count). The van der Waals surface area contributed by atoms with Crippen LogP contribution in [-0.2, 0) is 21.7 Å². The highest BCUT2D eigenvalue weighted by Gasteiger charge is 2.61. The van der Waals surface area contributed by atoms with Crippen LogP contribution in [0.4, 0.5) is 10.5 Å². The first-order chi connectivity index (χ1) is 11.9. The number of hydrogen-bond acceptors (Lipinski definition) is 3. The quantitative estimate of drug-likeness (QED) is 0.644. The maximum Gasteiger partial charge on any atom is 0.323 e. The molecule has 2 N–H and O–H groups in total. The fraction of sp³-hybridized carbons (Fsp3) is 0.235. The van der Waals surface area contributed by atoms with Gasteiger partial charge in [0.1, 0.15) is 0 Å². The number of halogens is 1. The smallest absolute Gasteiger partial charge is 0.323 e. The number of amides is 4. The zero-order valence-electron chi connectivity index (χ0n) is 13.4. The van der Waals surface area contributed by atoms with Crippen LogP contribution in [0.2, 0.25) is 5.02 Å². The van der Waals surface area contributed by atoms with Crippen LogP contribution >= 0.6 is 11.6 Å². The molecule has 1 atom stereocenters. The lowest BCUT2D eigenvalue weighted by atomic mass is 9.90. The molecule has 2 aromatic rings. The van der Waals surface area contributed by atoms with E-state index in [1.54, 1.807) is 17.0 Å². The molecule has 1 fully saturated rings. The number of nitrogens with one attached hydrogen (secondary N) is 2. The summed E-state index contributed by atoms with van der Waals surface area (Å²) >= 11 is 6.15. The predicted octanol–water partition coefficient (Wildman–Crippen LogP) is 1.53. The summed E-state index contributed by atoms with van der Waals surface area (Å²) in [5.41, 5.74) is 0.0742. The Bertz CT molecular complexity index is 909. The van der Waals surface area contributed by atoms with E-state index in [9.17, 15) is 14.4 Å². The lowest BCUT2D eigenvalue weighted by molar-refractivity contribution is -0.133. The summed E-state index contributed by atoms with van der Waals surface area (Å²) in [5, 5.41) is 5.08. The normalized spacial score (nSPS) is 21.7. The van der Waals surface area contributed by atoms with Gasteiger partial charge in [0.25, 0.3) is 11.8 Å². The summed E-state index contributed by atoms with van der Waals surface area (Å²) in [6.45, 7) is 2.76. The summed E-state index contributed by atoms with van der Waals surface area (Å²) in [6.07, 6.45) is 3.80. The van der Waals surface area contributed by atoms with Gasteiger partial charge in [-0.05, 0) is 36.8 Å². The number of urea groups is 1. The van der Waals surface area contributed by atoms with Gasteiger partial charge >= 0.3 is 6.03 Å². The molecule has 1 unspecified atom stereocenters. The van der Waals surface area contributed by atoms with Crippen molar-refractivity contribution in [3.05, 3.63) is 52.8 Å². The standard InChI is InChI=1S/C17H15ClN4O3/c1-10-8-11(18)9-12-13(10)22(7-6-21-4-2-3-5-21)15(24)17(12)14(23)19-16(25)20-17/h2-5,8-9H,6-7H2,1H3,(H2,19,20,23,25). The molecule has 0 radical (unpaired) electrons. The summed E-state index contributed by atoms with van der Waals surface area (Å²) in [5.74, 6) is -1.14. The van der Waals surface area contributed by atoms with Gasteiger partial charge in [-0.1, -0.05) is 11.6 Å². The van der Waals surface area contributed by atoms with Gasteiger partial charge in [0.05, 0.1) is 5.69 Å². The van der Waals surface area contributed by atoms with Crippen LogP contribution in [-0.4, -0.2) is 29.0 Å². The second-order valence-electron chi connectivity index (χ2n) is 6.15. The molecule has 1 saturated heterocycles. The second kappa shape index (κ2) is 5.35. The molecule has 4 amide bonds. The molecule has 1 spiro atoms. The highest BCUT2D eigenvalue weighted by molar-refractivity contribution is 6.32. The number of anilines is 1. The summed E-state index contributed by atoms with van der Waals surface area (Å²) in [6, 6.07) is 6.43. The molecule has 0 bridgehead atoms. The number of aromatic nitrogens is 1. The van der Waals surface area contributed by atoms with E-state index in [-0.39, 0.29) is 0 Å². The Labute approximate surface area is 148 Å². The minimum absolute atomic E-state index is 0.369. The highest BCUT2D eigenvalue weighted by Crippen LogP contribution is 2.45. The molecule has 1 aromatic heterocycles. The number of benzene rings is 1. The van der Waals surface area contributed by atoms with E-state index in [1.165, 1.54) is 0 Å². The maximum atomic E-state index is 13.2. The first kappa shape index (κ1) is 15.7. The second-order valence-corrected chi connectivity index (χ2v) is 6.59. The summed E-state index contributed by atoms with van der Waals surface area (Å²) in [7, 11) is 0. The van der Waals surface area contributed by atoms with Crippen LogP contribution in [0.5, 0.6) is 0 Å². The van der Waals surface area contributed by atoms with Crippen molar-refractivity contribution in [3.8, 4) is 0 Å². The SMILES string of the molecule is Cc1cc(Cl)cc2c1N(CCn1cccc1)C(=O)C21NC(=O)NC1=O. The Balaban J connectivity index is 1.81. The fourth-order valence-electron chi connectivity index (χ4n) is 3.54. The minimum Gasteiger partial charge on any atom is -0.352 e. The number of imide groups is 1. The number of carbonyl (C=O) groups excluding carboxylic acids is 3. The van der Waals surface area contributed by atoms with Crippen LogP contribution < -0.4 is 15.5 Å². The van der Waals surface area contributed by atoms with Crippen molar-refractivity contribution in [1.82, 2.24) is 15.2 Å². The van der Waals surface area contributed by atoms with E-state index < -0.39 is 23.4 Å². The van der Waals surface area contributed by atoms with Gasteiger partial charge in [0.15, 0.2) is 0 Å². The van der Waals surface area contributed by atoms with Crippen molar-refractivity contribution >= 4 is 35.1 Å². The average Bonchev–Trinajstić information content (AvgIpc) is 3.20. The first-order valence-electron chi connectivity index (χ1n) is 7.80. The Hall–Kier alpha value is -2.80. The van der Waals surface area contributed by atoms with E-state index in [4.69, 9.17) is 11.6 Å². The van der Waals surface area contributed by atoms with E-state index in [1.807, 2.05) is 36.0 Å². The number of nitrogens with zero attached hydrogens (tertiary/aromatic N) is 2. The third kappa shape index (κ3) is 2.16. The highest BCUT2D eigenvalue weighted by atomic mass is 35.5. The van der Waals surface area contributed by atoms with E-state index >= 15 is 0 Å². The Morgan fingerprint density at radius 2 is 1.84 bits per heavy atom. The summed E-state index contributed by atoms with van der Waals surface area (Å²) < 4.78 is 1.94. The van der Waals surface area contributed by atoms with E-state index in [2.05, 4.69) is 10.6 Å². The lowest BCUT2D eigenvalue weighted by Gasteiger charge is -2.21. The predicted molar refractivity (Wildman–Crippen MR) is 91.3 cm³/mol. The fourth-order valence-corrected chi connectivity index (χ4v) is 3.82. The van der Waals surface area contributed by atoms with E-state index in [0.29, 0.717) is 29.4 Å². The van der Waals surface area contributed by atoms with Gasteiger partial charge < -0.3 is 14.8 Å². The van der Waals surface area contributed by atoms with E-state index in [0.717, 1.165) is 5.56 Å². The largest absolute Gasteiger partial charge is 0.352 e. The molecule has 2 aliphatic heterocycles. The van der Waals surface area contributed by atoms with Crippen molar-refractivity contribution in [2.45, 2.75) is 19.0 Å². The molecular formula is C17H15ClN4O3. The van der Waals surface area contributed by atoms with Crippen LogP contribution in [0.3, 0.4) is 0 Å². The number of fused-ring (bicyclic) bond motifs is 2. The van der Waals surface area contributed by atoms with Crippen molar-refractivity contribution < 1.29 is 14.4 Å². The molecule has 7 nitrogen and oxygen atoms in total. The van der Waals surface area contributed by atoms with Crippen molar-refractivity contribution in [3.63, 3.8) is 0 Å². The van der Waals surface area contributed by atoms with Gasteiger partial charge in [-0.3, -0.25) is 14.9 Å². The number of aryl methyl sites for hydroxylation is 1. The van der Waals surface area contributed by atoms with Crippen molar-refractivity contribution in [1.29, 1.82) is 0 Å². The number of hydrogen-bond donors (Lipinski definition) is 2. The number of carbonyl (C=O) groups is 3. The molecule has 25 heavy (non-hydrogen) atoms. The van der Waals surface area contributed by atoms with Gasteiger partial charge in [0.2, 0.25) is 5.54 Å². The molecule has 2 aliphatic rings. The minimum atomic E-state index is -1.74.